The maximum atomic E-state index is 12.9. The van der Waals surface area contributed by atoms with Crippen molar-refractivity contribution in [2.45, 2.75) is 50.2 Å². The van der Waals surface area contributed by atoms with E-state index in [0.29, 0.717) is 19.3 Å². The summed E-state index contributed by atoms with van der Waals surface area (Å²) in [5, 5.41) is 6.25. The molecule has 3 aliphatic heterocycles. The Morgan fingerprint density at radius 3 is 2.75 bits per heavy atom. The first kappa shape index (κ1) is 21.0. The normalized spacial score (nSPS) is 24.1. The summed E-state index contributed by atoms with van der Waals surface area (Å²) in [6, 6.07) is 15.9. The van der Waals surface area contributed by atoms with E-state index in [9.17, 15) is 9.59 Å². The van der Waals surface area contributed by atoms with Crippen molar-refractivity contribution in [1.29, 1.82) is 0 Å². The molecular weight excluding hydrogens is 402 g/mol. The Bertz CT molecular complexity index is 1010. The highest BCUT2D eigenvalue weighted by Gasteiger charge is 2.43. The Labute approximate surface area is 189 Å². The van der Waals surface area contributed by atoms with Gasteiger partial charge in [0.2, 0.25) is 11.8 Å². The van der Waals surface area contributed by atoms with Crippen molar-refractivity contribution in [1.82, 2.24) is 10.2 Å². The van der Waals surface area contributed by atoms with E-state index in [1.54, 1.807) is 0 Å². The molecule has 32 heavy (non-hydrogen) atoms. The van der Waals surface area contributed by atoms with E-state index >= 15 is 0 Å². The third-order valence-electron chi connectivity index (χ3n) is 7.26. The van der Waals surface area contributed by atoms with Gasteiger partial charge in [-0.3, -0.25) is 9.59 Å². The largest absolute Gasteiger partial charge is 0.487 e. The minimum Gasteiger partial charge on any atom is -0.487 e. The van der Waals surface area contributed by atoms with E-state index in [-0.39, 0.29) is 29.4 Å². The van der Waals surface area contributed by atoms with Gasteiger partial charge in [0.1, 0.15) is 11.4 Å². The van der Waals surface area contributed by atoms with Gasteiger partial charge in [-0.2, -0.15) is 0 Å². The lowest BCUT2D eigenvalue weighted by atomic mass is 9.80. The van der Waals surface area contributed by atoms with Crippen LogP contribution in [0.15, 0.2) is 48.5 Å². The van der Waals surface area contributed by atoms with Crippen LogP contribution in [0.5, 0.6) is 5.75 Å². The van der Waals surface area contributed by atoms with Crippen LogP contribution in [0.25, 0.3) is 0 Å². The molecule has 2 atom stereocenters. The Hall–Kier alpha value is -2.86. The molecule has 0 saturated carbocycles. The summed E-state index contributed by atoms with van der Waals surface area (Å²) in [7, 11) is 2.14. The molecule has 2 amide bonds. The molecule has 0 unspecified atom stereocenters. The van der Waals surface area contributed by atoms with E-state index in [4.69, 9.17) is 4.74 Å². The van der Waals surface area contributed by atoms with Crippen molar-refractivity contribution in [3.63, 3.8) is 0 Å². The fourth-order valence-electron chi connectivity index (χ4n) is 5.30. The molecule has 6 heteroatoms. The minimum atomic E-state index is -0.216. The fraction of sp³-hybridized carbons (Fsp3) is 0.462. The van der Waals surface area contributed by atoms with Crippen molar-refractivity contribution in [2.24, 2.45) is 5.92 Å². The minimum absolute atomic E-state index is 0.00133. The van der Waals surface area contributed by atoms with Gasteiger partial charge in [-0.1, -0.05) is 36.4 Å². The zero-order chi connectivity index (χ0) is 22.1. The summed E-state index contributed by atoms with van der Waals surface area (Å²) in [5.74, 6) is 0.731. The first-order chi connectivity index (χ1) is 15.5. The summed E-state index contributed by atoms with van der Waals surface area (Å²) in [6.07, 6.45) is 4.30. The number of carbonyl (C=O) groups excluding carboxylic acids is 2. The number of hydrogen-bond donors (Lipinski definition) is 2. The van der Waals surface area contributed by atoms with Crippen LogP contribution in [0.2, 0.25) is 0 Å². The molecule has 168 valence electrons. The lowest BCUT2D eigenvalue weighted by molar-refractivity contribution is -0.124. The SMILES string of the molecule is CN1CCC2(CC1)C[C@@H](NC(=O)CC[C@H]1Cc3ccccc3NC1=O)c1ccccc1O2. The highest BCUT2D eigenvalue weighted by atomic mass is 16.5. The molecular formula is C26H31N3O3. The molecule has 3 heterocycles. The van der Waals surface area contributed by atoms with Gasteiger partial charge in [-0.15, -0.1) is 0 Å². The molecule has 1 saturated heterocycles. The predicted octanol–water partition coefficient (Wildman–Crippen LogP) is 3.68. The second-order valence-corrected chi connectivity index (χ2v) is 9.54. The maximum Gasteiger partial charge on any atom is 0.227 e. The van der Waals surface area contributed by atoms with E-state index < -0.39 is 0 Å². The second kappa shape index (κ2) is 8.58. The molecule has 2 aromatic carbocycles. The number of carbonyl (C=O) groups is 2. The zero-order valence-electron chi connectivity index (χ0n) is 18.6. The van der Waals surface area contributed by atoms with E-state index in [1.165, 1.54) is 0 Å². The maximum absolute atomic E-state index is 12.9. The van der Waals surface area contributed by atoms with Crippen LogP contribution >= 0.6 is 0 Å². The molecule has 0 aliphatic carbocycles. The number of likely N-dealkylation sites (tertiary alicyclic amines) is 1. The van der Waals surface area contributed by atoms with Crippen LogP contribution in [0, 0.1) is 5.92 Å². The standard InChI is InChI=1S/C26H31N3O3/c1-29-14-12-26(13-15-29)17-22(20-7-3-5-9-23(20)32-26)27-24(30)11-10-19-16-18-6-2-4-8-21(18)28-25(19)31/h2-9,19,22H,10-17H2,1H3,(H,27,30)(H,28,31)/t19-,22+/m0/s1. The summed E-state index contributed by atoms with van der Waals surface area (Å²) in [6.45, 7) is 2.00. The molecule has 2 N–H and O–H groups in total. The number of piperidine rings is 1. The number of nitrogens with one attached hydrogen (secondary N) is 2. The molecule has 1 fully saturated rings. The predicted molar refractivity (Wildman–Crippen MR) is 124 cm³/mol. The van der Waals surface area contributed by atoms with Crippen LogP contribution < -0.4 is 15.4 Å². The van der Waals surface area contributed by atoms with Crippen LogP contribution in [0.4, 0.5) is 5.69 Å². The lowest BCUT2D eigenvalue weighted by Gasteiger charge is -2.46. The molecule has 3 aliphatic rings. The first-order valence-corrected chi connectivity index (χ1v) is 11.7. The van der Waals surface area contributed by atoms with Crippen LogP contribution in [-0.2, 0) is 16.0 Å². The van der Waals surface area contributed by atoms with Gasteiger partial charge in [0.05, 0.1) is 6.04 Å². The fourth-order valence-corrected chi connectivity index (χ4v) is 5.30. The van der Waals surface area contributed by atoms with Crippen LogP contribution in [0.1, 0.15) is 49.3 Å². The number of anilines is 1. The summed E-state index contributed by atoms with van der Waals surface area (Å²) >= 11 is 0. The van der Waals surface area contributed by atoms with Crippen molar-refractivity contribution in [2.75, 3.05) is 25.5 Å². The average Bonchev–Trinajstić information content (AvgIpc) is 2.80. The smallest absolute Gasteiger partial charge is 0.227 e. The molecule has 2 aromatic rings. The Morgan fingerprint density at radius 2 is 1.91 bits per heavy atom. The molecule has 6 nitrogen and oxygen atoms in total. The number of para-hydroxylation sites is 2. The monoisotopic (exact) mass is 433 g/mol. The van der Waals surface area contributed by atoms with Gasteiger partial charge in [-0.05, 0) is 50.4 Å². The van der Waals surface area contributed by atoms with Crippen molar-refractivity contribution in [3.05, 3.63) is 59.7 Å². The average molecular weight is 434 g/mol. The third-order valence-corrected chi connectivity index (χ3v) is 7.26. The van der Waals surface area contributed by atoms with Gasteiger partial charge in [-0.25, -0.2) is 0 Å². The van der Waals surface area contributed by atoms with Gasteiger partial charge in [0, 0.05) is 43.1 Å². The van der Waals surface area contributed by atoms with Gasteiger partial charge in [0.25, 0.3) is 0 Å². The molecule has 0 aromatic heterocycles. The highest BCUT2D eigenvalue weighted by molar-refractivity contribution is 5.96. The number of fused-ring (bicyclic) bond motifs is 2. The summed E-state index contributed by atoms with van der Waals surface area (Å²) in [5.41, 5.74) is 2.86. The third kappa shape index (κ3) is 4.24. The molecule has 0 radical (unpaired) electrons. The second-order valence-electron chi connectivity index (χ2n) is 9.54. The van der Waals surface area contributed by atoms with Crippen molar-refractivity contribution in [3.8, 4) is 5.75 Å². The quantitative estimate of drug-likeness (QED) is 0.772. The van der Waals surface area contributed by atoms with E-state index in [2.05, 4.69) is 22.6 Å². The summed E-state index contributed by atoms with van der Waals surface area (Å²) < 4.78 is 6.49. The van der Waals surface area contributed by atoms with Gasteiger partial charge < -0.3 is 20.3 Å². The molecule has 1 spiro atoms. The Balaban J connectivity index is 1.24. The lowest BCUT2D eigenvalue weighted by Crippen LogP contribution is -2.51. The number of rotatable bonds is 4. The summed E-state index contributed by atoms with van der Waals surface area (Å²) in [4.78, 5) is 27.8. The van der Waals surface area contributed by atoms with Gasteiger partial charge >= 0.3 is 0 Å². The Kier molecular flexibility index (Phi) is 5.64. The van der Waals surface area contributed by atoms with Crippen LogP contribution in [0.3, 0.4) is 0 Å². The topological polar surface area (TPSA) is 70.7 Å². The number of hydrogen-bond acceptors (Lipinski definition) is 4. The van der Waals surface area contributed by atoms with E-state index in [1.807, 2.05) is 48.5 Å². The van der Waals surface area contributed by atoms with Crippen LogP contribution in [-0.4, -0.2) is 42.5 Å². The molecule has 0 bridgehead atoms. The van der Waals surface area contributed by atoms with Crippen molar-refractivity contribution >= 4 is 17.5 Å². The zero-order valence-corrected chi connectivity index (χ0v) is 18.6. The number of benzene rings is 2. The number of nitrogens with zero attached hydrogens (tertiary/aromatic N) is 1. The number of ether oxygens (including phenoxy) is 1. The highest BCUT2D eigenvalue weighted by Crippen LogP contribution is 2.44. The van der Waals surface area contributed by atoms with E-state index in [0.717, 1.165) is 54.9 Å². The first-order valence-electron chi connectivity index (χ1n) is 11.7. The Morgan fingerprint density at radius 1 is 1.16 bits per heavy atom. The molecule has 5 rings (SSSR count). The number of amides is 2. The van der Waals surface area contributed by atoms with Crippen molar-refractivity contribution < 1.29 is 14.3 Å². The van der Waals surface area contributed by atoms with Gasteiger partial charge in [0.15, 0.2) is 0 Å².